The van der Waals surface area contributed by atoms with E-state index in [2.05, 4.69) is 5.16 Å². The zero-order chi connectivity index (χ0) is 17.0. The highest BCUT2D eigenvalue weighted by Gasteiger charge is 2.26. The van der Waals surface area contributed by atoms with E-state index in [0.29, 0.717) is 5.76 Å². The fourth-order valence-electron chi connectivity index (χ4n) is 2.06. The summed E-state index contributed by atoms with van der Waals surface area (Å²) in [5.74, 6) is -0.958. The molecular weight excluding hydrogens is 296 g/mol. The third-order valence-corrected chi connectivity index (χ3v) is 3.30. The van der Waals surface area contributed by atoms with E-state index in [1.54, 1.807) is 6.07 Å². The molecule has 0 radical (unpaired) electrons. The topological polar surface area (TPSA) is 83.6 Å². The van der Waals surface area contributed by atoms with Crippen LogP contribution in [0, 0.1) is 0 Å². The number of rotatable bonds is 5. The lowest BCUT2D eigenvalue weighted by Gasteiger charge is -2.19. The molecule has 0 bridgehead atoms. The summed E-state index contributed by atoms with van der Waals surface area (Å²) in [6.07, 6.45) is 0. The third kappa shape index (κ3) is 4.42. The van der Waals surface area contributed by atoms with Crippen molar-refractivity contribution in [2.24, 2.45) is 0 Å². The lowest BCUT2D eigenvalue weighted by atomic mass is 9.93. The van der Waals surface area contributed by atoms with E-state index in [1.165, 1.54) is 4.90 Å². The second-order valence-corrected chi connectivity index (χ2v) is 6.37. The van der Waals surface area contributed by atoms with Crippen LogP contribution in [0.1, 0.15) is 42.6 Å². The summed E-state index contributed by atoms with van der Waals surface area (Å²) in [5.41, 5.74) is 0.691. The molecule has 122 valence electrons. The maximum absolute atomic E-state index is 12.6. The van der Waals surface area contributed by atoms with Crippen molar-refractivity contribution in [2.75, 3.05) is 6.54 Å². The van der Waals surface area contributed by atoms with Crippen LogP contribution in [-0.2, 0) is 16.8 Å². The highest BCUT2D eigenvalue weighted by atomic mass is 16.5. The van der Waals surface area contributed by atoms with E-state index in [-0.39, 0.29) is 17.7 Å². The Kier molecular flexibility index (Phi) is 4.83. The van der Waals surface area contributed by atoms with Gasteiger partial charge in [-0.15, -0.1) is 0 Å². The van der Waals surface area contributed by atoms with Crippen LogP contribution in [0.4, 0.5) is 0 Å². The van der Waals surface area contributed by atoms with Crippen LogP contribution >= 0.6 is 0 Å². The summed E-state index contributed by atoms with van der Waals surface area (Å²) in [7, 11) is 0. The van der Waals surface area contributed by atoms with Gasteiger partial charge in [-0.25, -0.2) is 0 Å². The second kappa shape index (κ2) is 6.64. The molecule has 23 heavy (non-hydrogen) atoms. The molecule has 1 N–H and O–H groups in total. The average molecular weight is 316 g/mol. The molecule has 1 heterocycles. The van der Waals surface area contributed by atoms with Crippen molar-refractivity contribution in [3.8, 4) is 0 Å². The van der Waals surface area contributed by atoms with Gasteiger partial charge in [0.2, 0.25) is 0 Å². The van der Waals surface area contributed by atoms with Crippen molar-refractivity contribution in [1.82, 2.24) is 10.1 Å². The van der Waals surface area contributed by atoms with Gasteiger partial charge in [0.15, 0.2) is 5.69 Å². The Morgan fingerprint density at radius 1 is 1.22 bits per heavy atom. The summed E-state index contributed by atoms with van der Waals surface area (Å²) in [5, 5.41) is 12.8. The predicted octanol–water partition coefficient (Wildman–Crippen LogP) is 2.70. The van der Waals surface area contributed by atoms with Crippen molar-refractivity contribution in [2.45, 2.75) is 32.7 Å². The Labute approximate surface area is 134 Å². The van der Waals surface area contributed by atoms with Crippen molar-refractivity contribution >= 4 is 11.9 Å². The number of carboxylic acid groups (broad SMARTS) is 1. The molecule has 0 saturated carbocycles. The average Bonchev–Trinajstić information content (AvgIpc) is 2.96. The Bertz CT molecular complexity index is 686. The van der Waals surface area contributed by atoms with Gasteiger partial charge in [-0.2, -0.15) is 0 Å². The first-order valence-corrected chi connectivity index (χ1v) is 7.29. The maximum Gasteiger partial charge on any atom is 0.323 e. The van der Waals surface area contributed by atoms with E-state index in [0.717, 1.165) is 5.56 Å². The molecule has 0 saturated heterocycles. The lowest BCUT2D eigenvalue weighted by Crippen LogP contribution is -2.35. The fourth-order valence-corrected chi connectivity index (χ4v) is 2.06. The van der Waals surface area contributed by atoms with E-state index in [4.69, 9.17) is 9.63 Å². The summed E-state index contributed by atoms with van der Waals surface area (Å²) >= 11 is 0. The minimum atomic E-state index is -1.08. The highest BCUT2D eigenvalue weighted by molar-refractivity contribution is 5.94. The van der Waals surface area contributed by atoms with Gasteiger partial charge in [0.05, 0.1) is 0 Å². The molecule has 0 atom stereocenters. The van der Waals surface area contributed by atoms with Crippen LogP contribution in [0.25, 0.3) is 0 Å². The first kappa shape index (κ1) is 16.7. The molecule has 1 aromatic carbocycles. The van der Waals surface area contributed by atoms with Gasteiger partial charge in [-0.1, -0.05) is 56.3 Å². The number of benzene rings is 1. The van der Waals surface area contributed by atoms with E-state index in [9.17, 15) is 9.59 Å². The monoisotopic (exact) mass is 316 g/mol. The van der Waals surface area contributed by atoms with Gasteiger partial charge in [-0.05, 0) is 5.56 Å². The van der Waals surface area contributed by atoms with E-state index < -0.39 is 18.4 Å². The molecule has 6 heteroatoms. The number of carboxylic acids is 1. The molecule has 2 rings (SSSR count). The van der Waals surface area contributed by atoms with Gasteiger partial charge in [-0.3, -0.25) is 9.59 Å². The number of carbonyl (C=O) groups is 2. The van der Waals surface area contributed by atoms with Crippen LogP contribution in [-0.4, -0.2) is 33.6 Å². The van der Waals surface area contributed by atoms with Crippen LogP contribution in [0.2, 0.25) is 0 Å². The van der Waals surface area contributed by atoms with E-state index in [1.807, 2.05) is 51.1 Å². The smallest absolute Gasteiger partial charge is 0.323 e. The molecule has 0 fully saturated rings. The van der Waals surface area contributed by atoms with Gasteiger partial charge in [0.25, 0.3) is 5.91 Å². The minimum absolute atomic E-state index is 0.118. The molecule has 0 aliphatic heterocycles. The van der Waals surface area contributed by atoms with Crippen LogP contribution in [0.5, 0.6) is 0 Å². The molecule has 0 aliphatic carbocycles. The van der Waals surface area contributed by atoms with Crippen molar-refractivity contribution in [1.29, 1.82) is 0 Å². The van der Waals surface area contributed by atoms with Gasteiger partial charge >= 0.3 is 5.97 Å². The number of hydrogen-bond donors (Lipinski definition) is 1. The predicted molar refractivity (Wildman–Crippen MR) is 84.0 cm³/mol. The Hall–Kier alpha value is -2.63. The number of carbonyl (C=O) groups excluding carboxylic acids is 1. The van der Waals surface area contributed by atoms with Crippen molar-refractivity contribution < 1.29 is 19.2 Å². The summed E-state index contributed by atoms with van der Waals surface area (Å²) in [6, 6.07) is 10.8. The summed E-state index contributed by atoms with van der Waals surface area (Å²) in [4.78, 5) is 24.9. The summed E-state index contributed by atoms with van der Waals surface area (Å²) in [6.45, 7) is 5.64. The third-order valence-electron chi connectivity index (χ3n) is 3.30. The quantitative estimate of drug-likeness (QED) is 0.917. The van der Waals surface area contributed by atoms with Crippen molar-refractivity contribution in [3.63, 3.8) is 0 Å². The molecular formula is C17H20N2O4. The first-order valence-electron chi connectivity index (χ1n) is 7.29. The fraction of sp³-hybridized carbons (Fsp3) is 0.353. The maximum atomic E-state index is 12.6. The highest BCUT2D eigenvalue weighted by Crippen LogP contribution is 2.23. The van der Waals surface area contributed by atoms with Gasteiger partial charge in [0.1, 0.15) is 12.3 Å². The van der Waals surface area contributed by atoms with Crippen LogP contribution in [0.15, 0.2) is 40.9 Å². The Morgan fingerprint density at radius 2 is 1.87 bits per heavy atom. The van der Waals surface area contributed by atoms with Gasteiger partial charge in [0, 0.05) is 18.0 Å². The molecule has 6 nitrogen and oxygen atoms in total. The standard InChI is InChI=1S/C17H20N2O4/c1-17(2,3)14-9-13(18-23-14)16(22)19(11-15(20)21)10-12-7-5-4-6-8-12/h4-9H,10-11H2,1-3H3,(H,20,21). The largest absolute Gasteiger partial charge is 0.480 e. The molecule has 0 spiro atoms. The number of hydrogen-bond acceptors (Lipinski definition) is 4. The lowest BCUT2D eigenvalue weighted by molar-refractivity contribution is -0.137. The SMILES string of the molecule is CC(C)(C)c1cc(C(=O)N(CC(=O)O)Cc2ccccc2)no1. The molecule has 0 aliphatic rings. The number of aliphatic carboxylic acids is 1. The van der Waals surface area contributed by atoms with Crippen molar-refractivity contribution in [3.05, 3.63) is 53.4 Å². The number of aromatic nitrogens is 1. The Morgan fingerprint density at radius 3 is 2.39 bits per heavy atom. The normalized spacial score (nSPS) is 11.3. The molecule has 0 unspecified atom stereocenters. The molecule has 2 aromatic rings. The Balaban J connectivity index is 2.22. The minimum Gasteiger partial charge on any atom is -0.480 e. The number of amides is 1. The van der Waals surface area contributed by atoms with Crippen LogP contribution < -0.4 is 0 Å². The van der Waals surface area contributed by atoms with Gasteiger partial charge < -0.3 is 14.5 Å². The molecule has 1 aromatic heterocycles. The molecule has 1 amide bonds. The second-order valence-electron chi connectivity index (χ2n) is 6.37. The van der Waals surface area contributed by atoms with Crippen LogP contribution in [0.3, 0.4) is 0 Å². The summed E-state index contributed by atoms with van der Waals surface area (Å²) < 4.78 is 5.21. The zero-order valence-electron chi connectivity index (χ0n) is 13.4. The number of nitrogens with zero attached hydrogens (tertiary/aromatic N) is 2. The zero-order valence-corrected chi connectivity index (χ0v) is 13.4. The van der Waals surface area contributed by atoms with E-state index >= 15 is 0 Å². The first-order chi connectivity index (χ1) is 10.8.